The van der Waals surface area contributed by atoms with Gasteiger partial charge in [0.2, 0.25) is 0 Å². The van der Waals surface area contributed by atoms with Crippen molar-refractivity contribution < 1.29 is 9.84 Å². The maximum atomic E-state index is 10.6. The lowest BCUT2D eigenvalue weighted by atomic mass is 9.90. The minimum Gasteiger partial charge on any atom is -0.384 e. The molecular weight excluding hydrogens is 228 g/mol. The van der Waals surface area contributed by atoms with Gasteiger partial charge in [-0.1, -0.05) is 30.3 Å². The van der Waals surface area contributed by atoms with Gasteiger partial charge in [0.05, 0.1) is 6.61 Å². The summed E-state index contributed by atoms with van der Waals surface area (Å²) in [5, 5.41) is 10.6. The maximum absolute atomic E-state index is 10.6. The number of benzene rings is 1. The Morgan fingerprint density at radius 1 is 1.28 bits per heavy atom. The molecule has 0 aromatic heterocycles. The van der Waals surface area contributed by atoms with Crippen LogP contribution in [-0.2, 0) is 10.3 Å². The molecule has 0 aliphatic carbocycles. The second kappa shape index (κ2) is 7.48. The van der Waals surface area contributed by atoms with Gasteiger partial charge in [-0.05, 0) is 19.0 Å². The minimum atomic E-state index is -0.942. The molecule has 0 bridgehead atoms. The zero-order chi connectivity index (χ0) is 13.4. The van der Waals surface area contributed by atoms with E-state index < -0.39 is 5.60 Å². The first kappa shape index (κ1) is 15.1. The molecule has 0 aliphatic rings. The van der Waals surface area contributed by atoms with Gasteiger partial charge < -0.3 is 20.5 Å². The molecule has 0 amide bonds. The predicted molar refractivity (Wildman–Crippen MR) is 73.4 cm³/mol. The van der Waals surface area contributed by atoms with E-state index in [0.29, 0.717) is 13.0 Å². The van der Waals surface area contributed by atoms with Gasteiger partial charge in [-0.2, -0.15) is 0 Å². The van der Waals surface area contributed by atoms with Crippen molar-refractivity contribution in [3.63, 3.8) is 0 Å². The number of methoxy groups -OCH3 is 1. The van der Waals surface area contributed by atoms with Gasteiger partial charge in [-0.3, -0.25) is 0 Å². The summed E-state index contributed by atoms with van der Waals surface area (Å²) in [5.41, 5.74) is 5.67. The van der Waals surface area contributed by atoms with E-state index in [1.165, 1.54) is 0 Å². The molecular formula is C14H24N2O2. The quantitative estimate of drug-likeness (QED) is 0.718. The van der Waals surface area contributed by atoms with Crippen molar-refractivity contribution in [2.24, 2.45) is 5.73 Å². The van der Waals surface area contributed by atoms with Gasteiger partial charge in [0.25, 0.3) is 0 Å². The van der Waals surface area contributed by atoms with Crippen LogP contribution in [0.5, 0.6) is 0 Å². The van der Waals surface area contributed by atoms with Crippen molar-refractivity contribution in [2.75, 3.05) is 40.4 Å². The third-order valence-electron chi connectivity index (χ3n) is 3.23. The van der Waals surface area contributed by atoms with Crippen molar-refractivity contribution in [2.45, 2.75) is 12.0 Å². The number of hydrogen-bond donors (Lipinski definition) is 2. The number of nitrogens with zero attached hydrogens (tertiary/aromatic N) is 1. The Kier molecular flexibility index (Phi) is 6.29. The van der Waals surface area contributed by atoms with E-state index in [9.17, 15) is 5.11 Å². The Bertz CT molecular complexity index is 332. The molecule has 18 heavy (non-hydrogen) atoms. The van der Waals surface area contributed by atoms with E-state index in [0.717, 1.165) is 18.7 Å². The average Bonchev–Trinajstić information content (AvgIpc) is 2.43. The smallest absolute Gasteiger partial charge is 0.103 e. The zero-order valence-corrected chi connectivity index (χ0v) is 11.3. The molecule has 0 heterocycles. The summed E-state index contributed by atoms with van der Waals surface area (Å²) in [7, 11) is 3.70. The largest absolute Gasteiger partial charge is 0.384 e. The molecule has 1 atom stereocenters. The van der Waals surface area contributed by atoms with Crippen LogP contribution < -0.4 is 5.73 Å². The summed E-state index contributed by atoms with van der Waals surface area (Å²) in [6.07, 6.45) is 0.619. The van der Waals surface area contributed by atoms with E-state index in [1.54, 1.807) is 7.11 Å². The first-order chi connectivity index (χ1) is 8.62. The summed E-state index contributed by atoms with van der Waals surface area (Å²) in [4.78, 5) is 2.13. The lowest BCUT2D eigenvalue weighted by Crippen LogP contribution is -2.38. The maximum Gasteiger partial charge on any atom is 0.103 e. The molecule has 0 saturated carbocycles. The molecule has 1 unspecified atom stereocenters. The molecule has 4 nitrogen and oxygen atoms in total. The number of nitrogens with two attached hydrogens (primary N) is 1. The number of rotatable bonds is 8. The van der Waals surface area contributed by atoms with Crippen LogP contribution in [0.4, 0.5) is 0 Å². The molecule has 0 fully saturated rings. The number of aliphatic hydroxyl groups is 1. The standard InChI is InChI=1S/C14H24N2O2/c1-16(10-11-18-2)9-8-14(17,12-15)13-6-4-3-5-7-13/h3-7,17H,8-12,15H2,1-2H3. The minimum absolute atomic E-state index is 0.231. The molecule has 0 aliphatic heterocycles. The second-order valence-corrected chi connectivity index (χ2v) is 4.65. The first-order valence-corrected chi connectivity index (χ1v) is 6.28. The Hall–Kier alpha value is -0.940. The van der Waals surface area contributed by atoms with Crippen molar-refractivity contribution in [1.29, 1.82) is 0 Å². The van der Waals surface area contributed by atoms with Crippen molar-refractivity contribution >= 4 is 0 Å². The lowest BCUT2D eigenvalue weighted by molar-refractivity contribution is 0.0260. The van der Waals surface area contributed by atoms with Crippen molar-refractivity contribution in [3.05, 3.63) is 35.9 Å². The van der Waals surface area contributed by atoms with E-state index in [4.69, 9.17) is 10.5 Å². The second-order valence-electron chi connectivity index (χ2n) is 4.65. The normalized spacial score (nSPS) is 14.7. The van der Waals surface area contributed by atoms with E-state index in [1.807, 2.05) is 37.4 Å². The summed E-state index contributed by atoms with van der Waals surface area (Å²) in [5.74, 6) is 0. The predicted octanol–water partition coefficient (Wildman–Crippen LogP) is 0.801. The van der Waals surface area contributed by atoms with Crippen LogP contribution >= 0.6 is 0 Å². The molecule has 0 spiro atoms. The highest BCUT2D eigenvalue weighted by molar-refractivity contribution is 5.22. The fourth-order valence-corrected chi connectivity index (χ4v) is 1.85. The van der Waals surface area contributed by atoms with Gasteiger partial charge in [-0.25, -0.2) is 0 Å². The van der Waals surface area contributed by atoms with E-state index in [2.05, 4.69) is 4.90 Å². The fourth-order valence-electron chi connectivity index (χ4n) is 1.85. The molecule has 3 N–H and O–H groups in total. The molecule has 0 saturated heterocycles. The van der Waals surface area contributed by atoms with Gasteiger partial charge in [-0.15, -0.1) is 0 Å². The topological polar surface area (TPSA) is 58.7 Å². The Morgan fingerprint density at radius 3 is 2.50 bits per heavy atom. The molecule has 4 heteroatoms. The third-order valence-corrected chi connectivity index (χ3v) is 3.23. The molecule has 1 rings (SSSR count). The Labute approximate surface area is 109 Å². The molecule has 102 valence electrons. The van der Waals surface area contributed by atoms with Gasteiger partial charge >= 0.3 is 0 Å². The van der Waals surface area contributed by atoms with Crippen LogP contribution in [0.1, 0.15) is 12.0 Å². The monoisotopic (exact) mass is 252 g/mol. The number of hydrogen-bond acceptors (Lipinski definition) is 4. The van der Waals surface area contributed by atoms with Gasteiger partial charge in [0.15, 0.2) is 0 Å². The highest BCUT2D eigenvalue weighted by atomic mass is 16.5. The fraction of sp³-hybridized carbons (Fsp3) is 0.571. The molecule has 1 aromatic rings. The van der Waals surface area contributed by atoms with Gasteiger partial charge in [0.1, 0.15) is 5.60 Å². The van der Waals surface area contributed by atoms with Crippen LogP contribution in [0.3, 0.4) is 0 Å². The van der Waals surface area contributed by atoms with Crippen LogP contribution in [-0.4, -0.2) is 50.4 Å². The van der Waals surface area contributed by atoms with Crippen LogP contribution in [0.25, 0.3) is 0 Å². The molecule has 0 radical (unpaired) electrons. The van der Waals surface area contributed by atoms with Crippen LogP contribution in [0.2, 0.25) is 0 Å². The zero-order valence-electron chi connectivity index (χ0n) is 11.3. The third kappa shape index (κ3) is 4.38. The number of likely N-dealkylation sites (N-methyl/N-ethyl adjacent to an activating group) is 1. The average molecular weight is 252 g/mol. The summed E-state index contributed by atoms with van der Waals surface area (Å²) in [6.45, 7) is 2.57. The lowest BCUT2D eigenvalue weighted by Gasteiger charge is -2.29. The van der Waals surface area contributed by atoms with Gasteiger partial charge in [0, 0.05) is 26.7 Å². The van der Waals surface area contributed by atoms with Crippen molar-refractivity contribution in [1.82, 2.24) is 4.90 Å². The summed E-state index contributed by atoms with van der Waals surface area (Å²) < 4.78 is 5.03. The SMILES string of the molecule is COCCN(C)CCC(O)(CN)c1ccccc1. The molecule has 1 aromatic carbocycles. The van der Waals surface area contributed by atoms with E-state index in [-0.39, 0.29) is 6.54 Å². The highest BCUT2D eigenvalue weighted by Gasteiger charge is 2.27. The first-order valence-electron chi connectivity index (χ1n) is 6.28. The Morgan fingerprint density at radius 2 is 1.94 bits per heavy atom. The van der Waals surface area contributed by atoms with Crippen LogP contribution in [0.15, 0.2) is 30.3 Å². The number of ether oxygens (including phenoxy) is 1. The summed E-state index contributed by atoms with van der Waals surface area (Å²) in [6, 6.07) is 9.62. The van der Waals surface area contributed by atoms with Crippen molar-refractivity contribution in [3.8, 4) is 0 Å². The summed E-state index contributed by atoms with van der Waals surface area (Å²) >= 11 is 0. The highest BCUT2D eigenvalue weighted by Crippen LogP contribution is 2.23. The Balaban J connectivity index is 2.56. The van der Waals surface area contributed by atoms with Crippen LogP contribution in [0, 0.1) is 0 Å². The van der Waals surface area contributed by atoms with E-state index >= 15 is 0 Å².